The molecule has 0 radical (unpaired) electrons. The maximum absolute atomic E-state index is 12.6. The van der Waals surface area contributed by atoms with Crippen molar-refractivity contribution in [3.63, 3.8) is 0 Å². The summed E-state index contributed by atoms with van der Waals surface area (Å²) < 4.78 is 4.84. The molecule has 0 saturated carbocycles. The summed E-state index contributed by atoms with van der Waals surface area (Å²) >= 11 is 1.39. The number of amides is 1. The number of nitrogens with zero attached hydrogens (tertiary/aromatic N) is 1. The third kappa shape index (κ3) is 4.51. The molecule has 0 aliphatic carbocycles. The van der Waals surface area contributed by atoms with E-state index in [0.29, 0.717) is 16.1 Å². The number of thiophene rings is 1. The molecule has 2 aromatic rings. The topological polar surface area (TPSA) is 58.6 Å². The highest BCUT2D eigenvalue weighted by atomic mass is 32.1. The van der Waals surface area contributed by atoms with Crippen molar-refractivity contribution in [2.45, 2.75) is 34.2 Å². The maximum Gasteiger partial charge on any atom is 0.341 e. The highest BCUT2D eigenvalue weighted by molar-refractivity contribution is 7.16. The van der Waals surface area contributed by atoms with Crippen LogP contribution in [0.5, 0.6) is 0 Å². The number of aryl methyl sites for hydroxylation is 1. The molecule has 0 aliphatic rings. The molecule has 1 amide bonds. The minimum absolute atomic E-state index is 0.231. The molecule has 140 valence electrons. The third-order valence-electron chi connectivity index (χ3n) is 4.52. The fraction of sp³-hybridized carbons (Fsp3) is 0.400. The molecule has 0 saturated heterocycles. The van der Waals surface area contributed by atoms with Crippen molar-refractivity contribution in [2.75, 3.05) is 25.5 Å². The Labute approximate surface area is 159 Å². The van der Waals surface area contributed by atoms with E-state index in [-0.39, 0.29) is 5.91 Å². The molecule has 1 N–H and O–H groups in total. The van der Waals surface area contributed by atoms with Crippen molar-refractivity contribution in [1.82, 2.24) is 4.90 Å². The third-order valence-corrected chi connectivity index (χ3v) is 5.64. The number of methoxy groups -OCH3 is 1. The van der Waals surface area contributed by atoms with Crippen LogP contribution in [0.3, 0.4) is 0 Å². The molecule has 0 spiro atoms. The van der Waals surface area contributed by atoms with Gasteiger partial charge in [-0.2, -0.15) is 0 Å². The van der Waals surface area contributed by atoms with Crippen molar-refractivity contribution < 1.29 is 14.3 Å². The van der Waals surface area contributed by atoms with Crippen LogP contribution in [0.1, 0.15) is 50.6 Å². The minimum Gasteiger partial charge on any atom is -0.465 e. The zero-order chi connectivity index (χ0) is 19.3. The zero-order valence-corrected chi connectivity index (χ0v) is 16.8. The predicted molar refractivity (Wildman–Crippen MR) is 106 cm³/mol. The van der Waals surface area contributed by atoms with Gasteiger partial charge >= 0.3 is 5.97 Å². The first-order valence-electron chi connectivity index (χ1n) is 8.72. The molecule has 0 bridgehead atoms. The number of nitrogens with one attached hydrogen (secondary N) is 1. The standard InChI is InChI=1S/C20H26N2O3S/c1-6-22(7-2)12-15-8-10-16(11-9-15)18(23)21-19-17(20(24)25-5)13(3)14(4)26-19/h8-11H,6-7,12H2,1-5H3,(H,21,23). The SMILES string of the molecule is CCN(CC)Cc1ccc(C(=O)Nc2sc(C)c(C)c2C(=O)OC)cc1. The first-order chi connectivity index (χ1) is 12.4. The van der Waals surface area contributed by atoms with Crippen LogP contribution in [0.4, 0.5) is 5.00 Å². The normalized spacial score (nSPS) is 10.8. The van der Waals surface area contributed by atoms with Gasteiger partial charge in [0, 0.05) is 17.0 Å². The highest BCUT2D eigenvalue weighted by Gasteiger charge is 2.22. The quantitative estimate of drug-likeness (QED) is 0.736. The summed E-state index contributed by atoms with van der Waals surface area (Å²) in [6, 6.07) is 7.58. The summed E-state index contributed by atoms with van der Waals surface area (Å²) in [7, 11) is 1.34. The van der Waals surface area contributed by atoms with Gasteiger partial charge in [0.1, 0.15) is 5.00 Å². The van der Waals surface area contributed by atoms with Crippen LogP contribution in [0.25, 0.3) is 0 Å². The van der Waals surface area contributed by atoms with Gasteiger partial charge in [-0.1, -0.05) is 26.0 Å². The Bertz CT molecular complexity index is 777. The second-order valence-corrected chi connectivity index (χ2v) is 7.32. The summed E-state index contributed by atoms with van der Waals surface area (Å²) in [6.45, 7) is 10.9. The van der Waals surface area contributed by atoms with Crippen LogP contribution >= 0.6 is 11.3 Å². The van der Waals surface area contributed by atoms with Crippen molar-refractivity contribution in [3.05, 3.63) is 51.4 Å². The fourth-order valence-electron chi connectivity index (χ4n) is 2.71. The van der Waals surface area contributed by atoms with Crippen LogP contribution in [0.15, 0.2) is 24.3 Å². The van der Waals surface area contributed by atoms with E-state index in [0.717, 1.165) is 30.1 Å². The zero-order valence-electron chi connectivity index (χ0n) is 16.0. The van der Waals surface area contributed by atoms with Gasteiger partial charge in [0.2, 0.25) is 0 Å². The largest absolute Gasteiger partial charge is 0.465 e. The highest BCUT2D eigenvalue weighted by Crippen LogP contribution is 2.33. The Morgan fingerprint density at radius 1 is 1.12 bits per heavy atom. The Hall–Kier alpha value is -2.18. The number of carbonyl (C=O) groups is 2. The Morgan fingerprint density at radius 2 is 1.73 bits per heavy atom. The van der Waals surface area contributed by atoms with E-state index >= 15 is 0 Å². The van der Waals surface area contributed by atoms with Crippen molar-refractivity contribution >= 4 is 28.2 Å². The minimum atomic E-state index is -0.434. The van der Waals surface area contributed by atoms with Crippen molar-refractivity contribution in [3.8, 4) is 0 Å². The molecule has 0 unspecified atom stereocenters. The number of hydrogen-bond acceptors (Lipinski definition) is 5. The molecule has 0 atom stereocenters. The summed E-state index contributed by atoms with van der Waals surface area (Å²) in [5, 5.41) is 3.39. The van der Waals surface area contributed by atoms with Crippen molar-refractivity contribution in [2.24, 2.45) is 0 Å². The smallest absolute Gasteiger partial charge is 0.341 e. The van der Waals surface area contributed by atoms with Crippen LogP contribution in [-0.4, -0.2) is 37.0 Å². The lowest BCUT2D eigenvalue weighted by molar-refractivity contribution is 0.0601. The average molecular weight is 375 g/mol. The molecule has 1 aromatic heterocycles. The van der Waals surface area contributed by atoms with Gasteiger partial charge in [0.05, 0.1) is 12.7 Å². The van der Waals surface area contributed by atoms with Crippen molar-refractivity contribution in [1.29, 1.82) is 0 Å². The Kier molecular flexibility index (Phi) is 6.94. The maximum atomic E-state index is 12.6. The fourth-order valence-corrected chi connectivity index (χ4v) is 3.75. The number of carbonyl (C=O) groups excluding carboxylic acids is 2. The Balaban J connectivity index is 2.16. The lowest BCUT2D eigenvalue weighted by Gasteiger charge is -2.18. The molecule has 1 heterocycles. The second-order valence-electron chi connectivity index (χ2n) is 6.09. The average Bonchev–Trinajstić information content (AvgIpc) is 2.93. The summed E-state index contributed by atoms with van der Waals surface area (Å²) in [4.78, 5) is 27.9. The molecule has 0 fully saturated rings. The second kappa shape index (κ2) is 8.96. The van der Waals surface area contributed by atoms with Crippen LogP contribution < -0.4 is 5.32 Å². The molecule has 0 aliphatic heterocycles. The van der Waals surface area contributed by atoms with Gasteiger partial charge in [-0.15, -0.1) is 11.3 Å². The van der Waals surface area contributed by atoms with Gasteiger partial charge < -0.3 is 10.1 Å². The molecule has 2 rings (SSSR count). The van der Waals surface area contributed by atoms with Gasteiger partial charge in [-0.25, -0.2) is 4.79 Å². The van der Waals surface area contributed by atoms with E-state index < -0.39 is 5.97 Å². The molecular weight excluding hydrogens is 348 g/mol. The number of ether oxygens (including phenoxy) is 1. The number of esters is 1. The van der Waals surface area contributed by atoms with Gasteiger partial charge in [-0.3, -0.25) is 9.69 Å². The van der Waals surface area contributed by atoms with Gasteiger partial charge in [0.25, 0.3) is 5.91 Å². The monoisotopic (exact) mass is 374 g/mol. The lowest BCUT2D eigenvalue weighted by Crippen LogP contribution is -2.22. The summed E-state index contributed by atoms with van der Waals surface area (Å²) in [5.74, 6) is -0.664. The van der Waals surface area contributed by atoms with E-state index in [1.54, 1.807) is 0 Å². The molecular formula is C20H26N2O3S. The molecule has 5 nitrogen and oxygen atoms in total. The number of benzene rings is 1. The molecule has 26 heavy (non-hydrogen) atoms. The summed E-state index contributed by atoms with van der Waals surface area (Å²) in [6.07, 6.45) is 0. The van der Waals surface area contributed by atoms with E-state index in [2.05, 4.69) is 24.1 Å². The molecule has 6 heteroatoms. The van der Waals surface area contributed by atoms with Crippen LogP contribution in [-0.2, 0) is 11.3 Å². The van der Waals surface area contributed by atoms with Crippen LogP contribution in [0, 0.1) is 13.8 Å². The van der Waals surface area contributed by atoms with Gasteiger partial charge in [-0.05, 0) is 50.2 Å². The first kappa shape index (κ1) is 20.1. The van der Waals surface area contributed by atoms with E-state index in [1.165, 1.54) is 24.0 Å². The lowest BCUT2D eigenvalue weighted by atomic mass is 10.1. The number of anilines is 1. The first-order valence-corrected chi connectivity index (χ1v) is 9.53. The predicted octanol–water partition coefficient (Wildman–Crippen LogP) is 4.25. The summed E-state index contributed by atoms with van der Waals surface area (Å²) in [5.41, 5.74) is 3.00. The van der Waals surface area contributed by atoms with Gasteiger partial charge in [0.15, 0.2) is 0 Å². The number of rotatable bonds is 7. The molecule has 1 aromatic carbocycles. The van der Waals surface area contributed by atoms with E-state index in [1.807, 2.05) is 38.1 Å². The Morgan fingerprint density at radius 3 is 2.27 bits per heavy atom. The van der Waals surface area contributed by atoms with E-state index in [4.69, 9.17) is 4.74 Å². The number of hydrogen-bond donors (Lipinski definition) is 1. The van der Waals surface area contributed by atoms with E-state index in [9.17, 15) is 9.59 Å². The van der Waals surface area contributed by atoms with Crippen LogP contribution in [0.2, 0.25) is 0 Å².